The van der Waals surface area contributed by atoms with Gasteiger partial charge in [0.25, 0.3) is 5.91 Å². The van der Waals surface area contributed by atoms with Gasteiger partial charge in [-0.15, -0.1) is 0 Å². The first-order valence-electron chi connectivity index (χ1n) is 9.04. The van der Waals surface area contributed by atoms with Gasteiger partial charge in [0.05, 0.1) is 19.3 Å². The molecule has 1 amide bonds. The van der Waals surface area contributed by atoms with E-state index in [1.807, 2.05) is 61.5 Å². The molecule has 2 aromatic carbocycles. The zero-order valence-electron chi connectivity index (χ0n) is 15.2. The van der Waals surface area contributed by atoms with Crippen molar-refractivity contribution in [3.63, 3.8) is 0 Å². The number of carbonyl (C=O) groups is 1. The van der Waals surface area contributed by atoms with Gasteiger partial charge in [0.2, 0.25) is 0 Å². The third-order valence-electron chi connectivity index (χ3n) is 4.47. The van der Waals surface area contributed by atoms with E-state index in [2.05, 4.69) is 10.2 Å². The summed E-state index contributed by atoms with van der Waals surface area (Å²) in [5.41, 5.74) is 2.26. The van der Waals surface area contributed by atoms with Gasteiger partial charge in [-0.05, 0) is 24.6 Å². The molecule has 0 unspecified atom stereocenters. The fraction of sp³-hybridized carbons (Fsp3) is 0.381. The first kappa shape index (κ1) is 18.4. The summed E-state index contributed by atoms with van der Waals surface area (Å²) in [6, 6.07) is 17.7. The van der Waals surface area contributed by atoms with Gasteiger partial charge in [-0.3, -0.25) is 9.69 Å². The molecule has 0 radical (unpaired) electrons. The molecule has 1 heterocycles. The van der Waals surface area contributed by atoms with Crippen LogP contribution in [0.25, 0.3) is 0 Å². The van der Waals surface area contributed by atoms with Crippen LogP contribution in [-0.4, -0.2) is 50.3 Å². The molecule has 5 nitrogen and oxygen atoms in total. The fourth-order valence-electron chi connectivity index (χ4n) is 2.98. The van der Waals surface area contributed by atoms with Crippen molar-refractivity contribution in [2.75, 3.05) is 39.5 Å². The summed E-state index contributed by atoms with van der Waals surface area (Å²) in [6.07, 6.45) is 0. The molecule has 0 aromatic heterocycles. The molecule has 26 heavy (non-hydrogen) atoms. The second-order valence-electron chi connectivity index (χ2n) is 6.55. The van der Waals surface area contributed by atoms with E-state index in [0.717, 1.165) is 44.0 Å². The molecule has 3 rings (SSSR count). The number of nitrogens with one attached hydrogen (secondary N) is 1. The number of hydrogen-bond donors (Lipinski definition) is 1. The number of nitrogens with zero attached hydrogens (tertiary/aromatic N) is 1. The zero-order chi connectivity index (χ0) is 18.2. The Hall–Kier alpha value is -2.37. The Morgan fingerprint density at radius 3 is 2.50 bits per heavy atom. The summed E-state index contributed by atoms with van der Waals surface area (Å²) in [4.78, 5) is 14.8. The molecule has 1 atom stereocenters. The Kier molecular flexibility index (Phi) is 6.63. The molecule has 0 saturated carbocycles. The predicted octanol–water partition coefficient (Wildman–Crippen LogP) is 2.56. The number of morpholine rings is 1. The number of amides is 1. The lowest BCUT2D eigenvalue weighted by Crippen LogP contribution is -2.44. The van der Waals surface area contributed by atoms with Crippen molar-refractivity contribution in [3.05, 3.63) is 65.7 Å². The summed E-state index contributed by atoms with van der Waals surface area (Å²) in [6.45, 7) is 6.06. The van der Waals surface area contributed by atoms with E-state index in [0.29, 0.717) is 5.75 Å². The van der Waals surface area contributed by atoms with Gasteiger partial charge in [0, 0.05) is 19.6 Å². The van der Waals surface area contributed by atoms with Crippen molar-refractivity contribution in [2.45, 2.75) is 13.0 Å². The maximum Gasteiger partial charge on any atom is 0.258 e. The molecule has 1 fully saturated rings. The Balaban J connectivity index is 1.58. The van der Waals surface area contributed by atoms with E-state index in [1.165, 1.54) is 0 Å². The second kappa shape index (κ2) is 9.36. The minimum atomic E-state index is -0.118. The first-order valence-corrected chi connectivity index (χ1v) is 9.04. The average Bonchev–Trinajstić information content (AvgIpc) is 2.68. The van der Waals surface area contributed by atoms with E-state index >= 15 is 0 Å². The Morgan fingerprint density at radius 2 is 1.81 bits per heavy atom. The molecular formula is C21H26N2O3. The molecular weight excluding hydrogens is 328 g/mol. The SMILES string of the molecule is Cc1ccc(OCC(=O)N[C@H](CN2CCOCC2)c2ccccc2)cc1. The van der Waals surface area contributed by atoms with Gasteiger partial charge in [-0.1, -0.05) is 48.0 Å². The van der Waals surface area contributed by atoms with Crippen LogP contribution in [0.5, 0.6) is 5.75 Å². The summed E-state index contributed by atoms with van der Waals surface area (Å²) in [5.74, 6) is 0.586. The van der Waals surface area contributed by atoms with Crippen LogP contribution in [0, 0.1) is 6.92 Å². The monoisotopic (exact) mass is 354 g/mol. The van der Waals surface area contributed by atoms with Gasteiger partial charge in [-0.25, -0.2) is 0 Å². The summed E-state index contributed by atoms with van der Waals surface area (Å²) < 4.78 is 11.0. The van der Waals surface area contributed by atoms with Crippen LogP contribution in [0.15, 0.2) is 54.6 Å². The Bertz CT molecular complexity index is 682. The third kappa shape index (κ3) is 5.58. The molecule has 1 N–H and O–H groups in total. The number of hydrogen-bond acceptors (Lipinski definition) is 4. The normalized spacial score (nSPS) is 16.0. The average molecular weight is 354 g/mol. The van der Waals surface area contributed by atoms with Crippen LogP contribution in [0.1, 0.15) is 17.2 Å². The molecule has 1 aliphatic rings. The lowest BCUT2D eigenvalue weighted by molar-refractivity contribution is -0.124. The third-order valence-corrected chi connectivity index (χ3v) is 4.47. The number of aryl methyl sites for hydroxylation is 1. The number of benzene rings is 2. The Morgan fingerprint density at radius 1 is 1.12 bits per heavy atom. The van der Waals surface area contributed by atoms with E-state index in [9.17, 15) is 4.79 Å². The number of carbonyl (C=O) groups excluding carboxylic acids is 1. The highest BCUT2D eigenvalue weighted by atomic mass is 16.5. The fourth-order valence-corrected chi connectivity index (χ4v) is 2.98. The molecule has 1 saturated heterocycles. The molecule has 2 aromatic rings. The molecule has 138 valence electrons. The quantitative estimate of drug-likeness (QED) is 0.830. The van der Waals surface area contributed by atoms with Crippen LogP contribution in [0.4, 0.5) is 0 Å². The van der Waals surface area contributed by atoms with Gasteiger partial charge < -0.3 is 14.8 Å². The van der Waals surface area contributed by atoms with E-state index in [1.54, 1.807) is 0 Å². The minimum absolute atomic E-state index is 0.00943. The largest absolute Gasteiger partial charge is 0.484 e. The van der Waals surface area contributed by atoms with E-state index in [-0.39, 0.29) is 18.6 Å². The lowest BCUT2D eigenvalue weighted by Gasteiger charge is -2.31. The highest BCUT2D eigenvalue weighted by Gasteiger charge is 2.20. The van der Waals surface area contributed by atoms with E-state index < -0.39 is 0 Å². The van der Waals surface area contributed by atoms with Crippen LogP contribution in [-0.2, 0) is 9.53 Å². The summed E-state index contributed by atoms with van der Waals surface area (Å²) in [7, 11) is 0. The Labute approximate surface area is 154 Å². The topological polar surface area (TPSA) is 50.8 Å². The van der Waals surface area contributed by atoms with Crippen LogP contribution < -0.4 is 10.1 Å². The van der Waals surface area contributed by atoms with Crippen LogP contribution in [0.2, 0.25) is 0 Å². The highest BCUT2D eigenvalue weighted by Crippen LogP contribution is 2.16. The number of ether oxygens (including phenoxy) is 2. The van der Waals surface area contributed by atoms with Crippen molar-refractivity contribution in [3.8, 4) is 5.75 Å². The van der Waals surface area contributed by atoms with Crippen molar-refractivity contribution in [1.82, 2.24) is 10.2 Å². The predicted molar refractivity (Wildman–Crippen MR) is 101 cm³/mol. The van der Waals surface area contributed by atoms with Crippen LogP contribution >= 0.6 is 0 Å². The zero-order valence-corrected chi connectivity index (χ0v) is 15.2. The van der Waals surface area contributed by atoms with Crippen molar-refractivity contribution >= 4 is 5.91 Å². The smallest absolute Gasteiger partial charge is 0.258 e. The summed E-state index contributed by atoms with van der Waals surface area (Å²) >= 11 is 0. The van der Waals surface area contributed by atoms with Crippen molar-refractivity contribution < 1.29 is 14.3 Å². The maximum atomic E-state index is 12.4. The standard InChI is InChI=1S/C21H26N2O3/c1-17-7-9-19(10-8-17)26-16-21(24)22-20(18-5-3-2-4-6-18)15-23-11-13-25-14-12-23/h2-10,20H,11-16H2,1H3,(H,22,24)/t20-/m1/s1. The van der Waals surface area contributed by atoms with E-state index in [4.69, 9.17) is 9.47 Å². The van der Waals surface area contributed by atoms with Crippen molar-refractivity contribution in [2.24, 2.45) is 0 Å². The van der Waals surface area contributed by atoms with Gasteiger partial charge >= 0.3 is 0 Å². The maximum absolute atomic E-state index is 12.4. The molecule has 0 spiro atoms. The molecule has 5 heteroatoms. The van der Waals surface area contributed by atoms with Gasteiger partial charge in [0.15, 0.2) is 6.61 Å². The second-order valence-corrected chi connectivity index (χ2v) is 6.55. The van der Waals surface area contributed by atoms with Crippen LogP contribution in [0.3, 0.4) is 0 Å². The number of rotatable bonds is 7. The molecule has 0 aliphatic carbocycles. The molecule has 1 aliphatic heterocycles. The van der Waals surface area contributed by atoms with Gasteiger partial charge in [-0.2, -0.15) is 0 Å². The highest BCUT2D eigenvalue weighted by molar-refractivity contribution is 5.78. The molecule has 0 bridgehead atoms. The summed E-state index contributed by atoms with van der Waals surface area (Å²) in [5, 5.41) is 3.12. The first-order chi connectivity index (χ1) is 12.7. The minimum Gasteiger partial charge on any atom is -0.484 e. The van der Waals surface area contributed by atoms with Crippen molar-refractivity contribution in [1.29, 1.82) is 0 Å². The lowest BCUT2D eigenvalue weighted by atomic mass is 10.1. The van der Waals surface area contributed by atoms with Gasteiger partial charge in [0.1, 0.15) is 5.75 Å².